The zero-order valence-corrected chi connectivity index (χ0v) is 13.7. The van der Waals surface area contributed by atoms with E-state index in [0.717, 1.165) is 11.0 Å². The standard InChI is InChI=1S/C18H20N2O4/c1-22-14-7-15(23-2)9-16(8-14)24-11-13(21)10-20-12-19-17-5-3-4-6-18(17)20/h3-9,12-13,21H,10-11H2,1-2H3/t13-/m0/s1. The Hall–Kier alpha value is -2.73. The summed E-state index contributed by atoms with van der Waals surface area (Å²) in [6, 6.07) is 13.1. The number of hydrogen-bond acceptors (Lipinski definition) is 5. The average molecular weight is 328 g/mol. The number of para-hydroxylation sites is 2. The van der Waals surface area contributed by atoms with E-state index in [1.807, 2.05) is 28.8 Å². The van der Waals surface area contributed by atoms with E-state index in [9.17, 15) is 5.11 Å². The zero-order valence-electron chi connectivity index (χ0n) is 13.7. The van der Waals surface area contributed by atoms with Crippen molar-refractivity contribution >= 4 is 11.0 Å². The Morgan fingerprint density at radius 3 is 2.42 bits per heavy atom. The molecule has 3 rings (SSSR count). The summed E-state index contributed by atoms with van der Waals surface area (Å²) >= 11 is 0. The summed E-state index contributed by atoms with van der Waals surface area (Å²) < 4.78 is 18.0. The van der Waals surface area contributed by atoms with Gasteiger partial charge in [-0.2, -0.15) is 0 Å². The smallest absolute Gasteiger partial charge is 0.126 e. The van der Waals surface area contributed by atoms with Gasteiger partial charge in [0.1, 0.15) is 30.0 Å². The third-order valence-corrected chi connectivity index (χ3v) is 3.70. The first-order valence-corrected chi connectivity index (χ1v) is 7.63. The zero-order chi connectivity index (χ0) is 16.9. The minimum atomic E-state index is -0.667. The lowest BCUT2D eigenvalue weighted by Gasteiger charge is -2.15. The van der Waals surface area contributed by atoms with Crippen LogP contribution in [-0.4, -0.2) is 41.6 Å². The van der Waals surface area contributed by atoms with Gasteiger partial charge in [-0.15, -0.1) is 0 Å². The molecule has 0 saturated carbocycles. The largest absolute Gasteiger partial charge is 0.496 e. The predicted molar refractivity (Wildman–Crippen MR) is 90.8 cm³/mol. The summed E-state index contributed by atoms with van der Waals surface area (Å²) in [7, 11) is 3.16. The van der Waals surface area contributed by atoms with Gasteiger partial charge in [-0.25, -0.2) is 4.98 Å². The van der Waals surface area contributed by atoms with Crippen LogP contribution in [0.25, 0.3) is 11.0 Å². The summed E-state index contributed by atoms with van der Waals surface area (Å²) in [5, 5.41) is 10.3. The van der Waals surface area contributed by atoms with Gasteiger partial charge in [-0.05, 0) is 12.1 Å². The molecule has 0 amide bonds. The lowest BCUT2D eigenvalue weighted by molar-refractivity contribution is 0.0931. The van der Waals surface area contributed by atoms with Crippen molar-refractivity contribution in [2.24, 2.45) is 0 Å². The second-order valence-corrected chi connectivity index (χ2v) is 5.40. The van der Waals surface area contributed by atoms with E-state index in [1.165, 1.54) is 0 Å². The number of imidazole rings is 1. The number of aromatic nitrogens is 2. The Bertz CT molecular complexity index is 793. The molecule has 6 heteroatoms. The van der Waals surface area contributed by atoms with Crippen LogP contribution in [0.2, 0.25) is 0 Å². The van der Waals surface area contributed by atoms with E-state index in [0.29, 0.717) is 23.8 Å². The number of aliphatic hydroxyl groups excluding tert-OH is 1. The molecule has 0 fully saturated rings. The van der Waals surface area contributed by atoms with Gasteiger partial charge in [0.05, 0.1) is 38.1 Å². The Kier molecular flexibility index (Phi) is 4.86. The highest BCUT2D eigenvalue weighted by molar-refractivity contribution is 5.74. The topological polar surface area (TPSA) is 65.7 Å². The van der Waals surface area contributed by atoms with Crippen LogP contribution in [0.3, 0.4) is 0 Å². The highest BCUT2D eigenvalue weighted by Crippen LogP contribution is 2.27. The van der Waals surface area contributed by atoms with Crippen LogP contribution >= 0.6 is 0 Å². The normalized spacial score (nSPS) is 12.1. The van der Waals surface area contributed by atoms with Gasteiger partial charge in [-0.3, -0.25) is 0 Å². The molecule has 0 unspecified atom stereocenters. The van der Waals surface area contributed by atoms with Gasteiger partial charge >= 0.3 is 0 Å². The molecule has 0 spiro atoms. The van der Waals surface area contributed by atoms with Crippen LogP contribution in [0.1, 0.15) is 0 Å². The van der Waals surface area contributed by atoms with Crippen molar-refractivity contribution in [3.63, 3.8) is 0 Å². The summed E-state index contributed by atoms with van der Waals surface area (Å²) in [6.45, 7) is 0.560. The molecule has 1 N–H and O–H groups in total. The van der Waals surface area contributed by atoms with Gasteiger partial charge < -0.3 is 23.9 Å². The van der Waals surface area contributed by atoms with Crippen LogP contribution in [-0.2, 0) is 6.54 Å². The molecule has 1 heterocycles. The van der Waals surface area contributed by atoms with E-state index in [1.54, 1.807) is 38.7 Å². The second-order valence-electron chi connectivity index (χ2n) is 5.40. The van der Waals surface area contributed by atoms with Crippen molar-refractivity contribution in [2.45, 2.75) is 12.6 Å². The molecular formula is C18H20N2O4. The fourth-order valence-corrected chi connectivity index (χ4v) is 2.49. The minimum absolute atomic E-state index is 0.156. The van der Waals surface area contributed by atoms with Crippen molar-refractivity contribution in [2.75, 3.05) is 20.8 Å². The molecule has 3 aromatic rings. The first-order valence-electron chi connectivity index (χ1n) is 7.63. The summed E-state index contributed by atoms with van der Waals surface area (Å²) in [4.78, 5) is 4.31. The fourth-order valence-electron chi connectivity index (χ4n) is 2.49. The lowest BCUT2D eigenvalue weighted by Crippen LogP contribution is -2.23. The van der Waals surface area contributed by atoms with Gasteiger partial charge in [0.25, 0.3) is 0 Å². The molecule has 126 valence electrons. The van der Waals surface area contributed by atoms with Crippen molar-refractivity contribution in [1.29, 1.82) is 0 Å². The van der Waals surface area contributed by atoms with Gasteiger partial charge in [0.2, 0.25) is 0 Å². The maximum absolute atomic E-state index is 10.3. The van der Waals surface area contributed by atoms with E-state index in [2.05, 4.69) is 4.98 Å². The molecule has 0 bridgehead atoms. The van der Waals surface area contributed by atoms with Crippen LogP contribution in [0.15, 0.2) is 48.8 Å². The molecule has 0 aliphatic carbocycles. The van der Waals surface area contributed by atoms with Crippen molar-refractivity contribution in [1.82, 2.24) is 9.55 Å². The molecule has 0 aliphatic rings. The molecule has 6 nitrogen and oxygen atoms in total. The maximum atomic E-state index is 10.3. The Morgan fingerprint density at radius 2 is 1.71 bits per heavy atom. The van der Waals surface area contributed by atoms with E-state index >= 15 is 0 Å². The number of rotatable bonds is 7. The third-order valence-electron chi connectivity index (χ3n) is 3.70. The summed E-state index contributed by atoms with van der Waals surface area (Å²) in [6.07, 6.45) is 1.06. The molecule has 0 radical (unpaired) electrons. The molecule has 1 aromatic heterocycles. The minimum Gasteiger partial charge on any atom is -0.496 e. The van der Waals surface area contributed by atoms with Crippen molar-refractivity contribution in [3.8, 4) is 17.2 Å². The highest BCUT2D eigenvalue weighted by atomic mass is 16.5. The number of aliphatic hydroxyl groups is 1. The molecule has 1 atom stereocenters. The predicted octanol–water partition coefficient (Wildman–Crippen LogP) is 2.49. The number of methoxy groups -OCH3 is 2. The number of benzene rings is 2. The Labute approximate surface area is 140 Å². The SMILES string of the molecule is COc1cc(OC)cc(OC[C@@H](O)Cn2cnc3ccccc32)c1. The van der Waals surface area contributed by atoms with E-state index in [-0.39, 0.29) is 6.61 Å². The molecule has 2 aromatic carbocycles. The number of hydrogen-bond donors (Lipinski definition) is 1. The molecular weight excluding hydrogens is 308 g/mol. The second kappa shape index (κ2) is 7.23. The number of nitrogens with zero attached hydrogens (tertiary/aromatic N) is 2. The Balaban J connectivity index is 1.64. The molecule has 24 heavy (non-hydrogen) atoms. The highest BCUT2D eigenvalue weighted by Gasteiger charge is 2.10. The van der Waals surface area contributed by atoms with Crippen LogP contribution < -0.4 is 14.2 Å². The quantitative estimate of drug-likeness (QED) is 0.722. The summed E-state index contributed by atoms with van der Waals surface area (Å²) in [5.74, 6) is 1.86. The van der Waals surface area contributed by atoms with Gasteiger partial charge in [-0.1, -0.05) is 12.1 Å². The average Bonchev–Trinajstić information content (AvgIpc) is 3.02. The number of fused-ring (bicyclic) bond motifs is 1. The van der Waals surface area contributed by atoms with Crippen LogP contribution in [0.4, 0.5) is 0 Å². The van der Waals surface area contributed by atoms with Crippen molar-refractivity contribution < 1.29 is 19.3 Å². The van der Waals surface area contributed by atoms with Crippen LogP contribution in [0.5, 0.6) is 17.2 Å². The maximum Gasteiger partial charge on any atom is 0.126 e. The van der Waals surface area contributed by atoms with Gasteiger partial charge in [0, 0.05) is 18.2 Å². The van der Waals surface area contributed by atoms with Crippen LogP contribution in [0, 0.1) is 0 Å². The monoisotopic (exact) mass is 328 g/mol. The molecule has 0 aliphatic heterocycles. The third kappa shape index (κ3) is 3.60. The lowest BCUT2D eigenvalue weighted by atomic mass is 10.3. The Morgan fingerprint density at radius 1 is 1.04 bits per heavy atom. The summed E-state index contributed by atoms with van der Waals surface area (Å²) in [5.41, 5.74) is 1.89. The fraction of sp³-hybridized carbons (Fsp3) is 0.278. The van der Waals surface area contributed by atoms with Gasteiger partial charge in [0.15, 0.2) is 0 Å². The first kappa shape index (κ1) is 16.1. The van der Waals surface area contributed by atoms with E-state index in [4.69, 9.17) is 14.2 Å². The molecule has 0 saturated heterocycles. The first-order chi connectivity index (χ1) is 11.7. The van der Waals surface area contributed by atoms with Crippen molar-refractivity contribution in [3.05, 3.63) is 48.8 Å². The number of ether oxygens (including phenoxy) is 3. The van der Waals surface area contributed by atoms with E-state index < -0.39 is 6.10 Å².